The van der Waals surface area contributed by atoms with Gasteiger partial charge in [0, 0.05) is 37.6 Å². The number of rotatable bonds is 3. The maximum atomic E-state index is 13.3. The Morgan fingerprint density at radius 3 is 2.48 bits per heavy atom. The van der Waals surface area contributed by atoms with Gasteiger partial charge in [-0.15, -0.1) is 0 Å². The van der Waals surface area contributed by atoms with E-state index in [2.05, 4.69) is 4.98 Å². The van der Waals surface area contributed by atoms with Crippen LogP contribution in [0.4, 0.5) is 4.79 Å². The Bertz CT molecular complexity index is 858. The van der Waals surface area contributed by atoms with Gasteiger partial charge in [-0.05, 0) is 39.7 Å². The maximum Gasteiger partial charge on any atom is 0.410 e. The van der Waals surface area contributed by atoms with Crippen LogP contribution in [0.1, 0.15) is 44.0 Å². The van der Waals surface area contributed by atoms with E-state index in [1.807, 2.05) is 44.6 Å². The Balaban J connectivity index is 1.77. The van der Waals surface area contributed by atoms with E-state index in [9.17, 15) is 9.59 Å². The highest BCUT2D eigenvalue weighted by molar-refractivity contribution is 6.10. The van der Waals surface area contributed by atoms with Crippen molar-refractivity contribution >= 4 is 22.9 Å². The van der Waals surface area contributed by atoms with Gasteiger partial charge in [-0.25, -0.2) is 9.78 Å². The van der Waals surface area contributed by atoms with E-state index in [0.29, 0.717) is 37.2 Å². The fraction of sp³-hybridized carbons (Fsp3) is 0.550. The Morgan fingerprint density at radius 2 is 1.89 bits per heavy atom. The minimum atomic E-state index is -0.521. The zero-order chi connectivity index (χ0) is 19.8. The predicted octanol–water partition coefficient (Wildman–Crippen LogP) is 3.41. The number of hydrogen-bond donors (Lipinski definition) is 0. The smallest absolute Gasteiger partial charge is 0.410 e. The van der Waals surface area contributed by atoms with Crippen LogP contribution in [-0.4, -0.2) is 52.1 Å². The summed E-state index contributed by atoms with van der Waals surface area (Å²) >= 11 is 0. The molecule has 1 saturated heterocycles. The van der Waals surface area contributed by atoms with Crippen LogP contribution in [-0.2, 0) is 11.8 Å². The van der Waals surface area contributed by atoms with Gasteiger partial charge in [0.2, 0.25) is 0 Å². The molecule has 0 radical (unpaired) electrons. The molecule has 1 aliphatic heterocycles. The van der Waals surface area contributed by atoms with E-state index in [4.69, 9.17) is 9.47 Å². The third-order valence-electron chi connectivity index (χ3n) is 4.84. The van der Waals surface area contributed by atoms with Gasteiger partial charge in [0.05, 0.1) is 18.9 Å². The molecule has 0 N–H and O–H groups in total. The van der Waals surface area contributed by atoms with Crippen molar-refractivity contribution in [3.05, 3.63) is 24.0 Å². The highest BCUT2D eigenvalue weighted by atomic mass is 16.6. The van der Waals surface area contributed by atoms with Crippen molar-refractivity contribution in [3.8, 4) is 5.75 Å². The number of fused-ring (bicyclic) bond motifs is 1. The molecule has 0 aliphatic carbocycles. The lowest BCUT2D eigenvalue weighted by Crippen LogP contribution is -2.43. The van der Waals surface area contributed by atoms with E-state index in [0.717, 1.165) is 11.0 Å². The molecule has 27 heavy (non-hydrogen) atoms. The Hall–Kier alpha value is -2.57. The summed E-state index contributed by atoms with van der Waals surface area (Å²) in [5.74, 6) is 0.394. The first-order valence-corrected chi connectivity index (χ1v) is 9.21. The first-order valence-electron chi connectivity index (χ1n) is 9.21. The van der Waals surface area contributed by atoms with Crippen molar-refractivity contribution in [2.45, 2.75) is 39.2 Å². The molecule has 0 spiro atoms. The fourth-order valence-electron chi connectivity index (χ4n) is 3.46. The van der Waals surface area contributed by atoms with Crippen molar-refractivity contribution in [1.82, 2.24) is 14.5 Å². The Morgan fingerprint density at radius 1 is 1.22 bits per heavy atom. The largest absolute Gasteiger partial charge is 0.494 e. The summed E-state index contributed by atoms with van der Waals surface area (Å²) in [6, 6.07) is 1.90. The number of methoxy groups -OCH3 is 1. The number of aryl methyl sites for hydroxylation is 1. The lowest BCUT2D eigenvalue weighted by Gasteiger charge is -2.33. The second-order valence-corrected chi connectivity index (χ2v) is 7.97. The molecule has 1 aliphatic rings. The van der Waals surface area contributed by atoms with Gasteiger partial charge < -0.3 is 18.9 Å². The van der Waals surface area contributed by atoms with Gasteiger partial charge in [-0.3, -0.25) is 4.79 Å². The molecule has 2 aromatic heterocycles. The van der Waals surface area contributed by atoms with E-state index >= 15 is 0 Å². The number of ketones is 1. The standard InChI is InChI=1S/C20H27N3O4/c1-20(2,3)27-19(25)23-10-6-13(7-11-23)17(24)16-14-8-9-22(4)18(14)21-12-15(16)26-5/h8-9,12-13H,6-7,10-11H2,1-5H3. The van der Waals surface area contributed by atoms with E-state index in [1.54, 1.807) is 18.2 Å². The second-order valence-electron chi connectivity index (χ2n) is 7.97. The lowest BCUT2D eigenvalue weighted by atomic mass is 9.88. The molecule has 7 heteroatoms. The maximum absolute atomic E-state index is 13.3. The monoisotopic (exact) mass is 373 g/mol. The summed E-state index contributed by atoms with van der Waals surface area (Å²) in [6.07, 6.45) is 4.39. The van der Waals surface area contributed by atoms with E-state index < -0.39 is 5.60 Å². The lowest BCUT2D eigenvalue weighted by molar-refractivity contribution is 0.0182. The minimum absolute atomic E-state index is 0.0503. The van der Waals surface area contributed by atoms with Crippen LogP contribution in [0, 0.1) is 5.92 Å². The number of likely N-dealkylation sites (tertiary alicyclic amines) is 1. The first-order chi connectivity index (χ1) is 12.7. The highest BCUT2D eigenvalue weighted by Gasteiger charge is 2.32. The van der Waals surface area contributed by atoms with Crippen molar-refractivity contribution < 1.29 is 19.1 Å². The Labute approximate surface area is 159 Å². The number of carbonyl (C=O) groups is 2. The molecule has 0 bridgehead atoms. The number of ether oxygens (including phenoxy) is 2. The molecule has 146 valence electrons. The molecule has 0 aromatic carbocycles. The van der Waals surface area contributed by atoms with Crippen molar-refractivity contribution in [3.63, 3.8) is 0 Å². The van der Waals surface area contributed by atoms with Crippen LogP contribution >= 0.6 is 0 Å². The molecule has 7 nitrogen and oxygen atoms in total. The van der Waals surface area contributed by atoms with Crippen LogP contribution < -0.4 is 4.74 Å². The van der Waals surface area contributed by atoms with Gasteiger partial charge in [0.25, 0.3) is 0 Å². The number of nitrogens with zero attached hydrogens (tertiary/aromatic N) is 3. The highest BCUT2D eigenvalue weighted by Crippen LogP contribution is 2.32. The van der Waals surface area contributed by atoms with Gasteiger partial charge in [0.15, 0.2) is 5.78 Å². The molecule has 0 saturated carbocycles. The predicted molar refractivity (Wildman–Crippen MR) is 102 cm³/mol. The normalized spacial score (nSPS) is 15.8. The van der Waals surface area contributed by atoms with Crippen LogP contribution in [0.15, 0.2) is 18.5 Å². The van der Waals surface area contributed by atoms with Crippen LogP contribution in [0.2, 0.25) is 0 Å². The second kappa shape index (κ2) is 7.21. The zero-order valence-electron chi connectivity index (χ0n) is 16.6. The van der Waals surface area contributed by atoms with Crippen LogP contribution in [0.3, 0.4) is 0 Å². The number of Topliss-reactive ketones (excluding diaryl/α,β-unsaturated/α-hetero) is 1. The molecule has 0 atom stereocenters. The number of piperidine rings is 1. The summed E-state index contributed by atoms with van der Waals surface area (Å²) in [5.41, 5.74) is 0.816. The van der Waals surface area contributed by atoms with Gasteiger partial charge >= 0.3 is 6.09 Å². The van der Waals surface area contributed by atoms with Crippen LogP contribution in [0.5, 0.6) is 5.75 Å². The third kappa shape index (κ3) is 3.91. The quantitative estimate of drug-likeness (QED) is 0.771. The van der Waals surface area contributed by atoms with Gasteiger partial charge in [-0.1, -0.05) is 0 Å². The molecular formula is C20H27N3O4. The summed E-state index contributed by atoms with van der Waals surface area (Å²) < 4.78 is 12.7. The van der Waals surface area contributed by atoms with Crippen molar-refractivity contribution in [2.75, 3.05) is 20.2 Å². The van der Waals surface area contributed by atoms with Gasteiger partial charge in [0.1, 0.15) is 17.0 Å². The number of amides is 1. The molecule has 3 rings (SSSR count). The Kier molecular flexibility index (Phi) is 5.13. The summed E-state index contributed by atoms with van der Waals surface area (Å²) in [7, 11) is 3.45. The summed E-state index contributed by atoms with van der Waals surface area (Å²) in [5, 5.41) is 0.802. The molecule has 1 amide bonds. The number of aromatic nitrogens is 2. The molecule has 3 heterocycles. The molecule has 2 aromatic rings. The van der Waals surface area contributed by atoms with Gasteiger partial charge in [-0.2, -0.15) is 0 Å². The number of hydrogen-bond acceptors (Lipinski definition) is 5. The average Bonchev–Trinajstić information content (AvgIpc) is 3.00. The van der Waals surface area contributed by atoms with Crippen molar-refractivity contribution in [1.29, 1.82) is 0 Å². The topological polar surface area (TPSA) is 73.7 Å². The van der Waals surface area contributed by atoms with Crippen molar-refractivity contribution in [2.24, 2.45) is 13.0 Å². The molecule has 1 fully saturated rings. The van der Waals surface area contributed by atoms with Crippen LogP contribution in [0.25, 0.3) is 11.0 Å². The zero-order valence-corrected chi connectivity index (χ0v) is 16.6. The number of carbonyl (C=O) groups excluding carboxylic acids is 2. The molecule has 0 unspecified atom stereocenters. The fourth-order valence-corrected chi connectivity index (χ4v) is 3.46. The number of pyridine rings is 1. The SMILES string of the molecule is COc1cnc2c(ccn2C)c1C(=O)C1CCN(C(=O)OC(C)(C)C)CC1. The van der Waals surface area contributed by atoms with E-state index in [-0.39, 0.29) is 17.8 Å². The minimum Gasteiger partial charge on any atom is -0.494 e. The molecular weight excluding hydrogens is 346 g/mol. The van der Waals surface area contributed by atoms with E-state index in [1.165, 1.54) is 0 Å². The third-order valence-corrected chi connectivity index (χ3v) is 4.84. The average molecular weight is 373 g/mol. The first kappa shape index (κ1) is 19.2. The summed E-state index contributed by atoms with van der Waals surface area (Å²) in [4.78, 5) is 31.5. The summed E-state index contributed by atoms with van der Waals surface area (Å²) in [6.45, 7) is 6.57.